The summed E-state index contributed by atoms with van der Waals surface area (Å²) in [6.07, 6.45) is -4.94. The molecule has 2 amide bonds. The van der Waals surface area contributed by atoms with Crippen LogP contribution in [0.15, 0.2) is 0 Å². The average Bonchev–Trinajstić information content (AvgIpc) is 2.24. The van der Waals surface area contributed by atoms with Crippen LogP contribution in [-0.4, -0.2) is 47.8 Å². The molecule has 0 saturated carbocycles. The second-order valence-electron chi connectivity index (χ2n) is 3.93. The first-order valence-corrected chi connectivity index (χ1v) is 5.45. The number of alkyl halides is 3. The normalized spacial score (nSPS) is 12.9. The number of unbranched alkanes of at least 4 members (excludes halogenated alkanes) is 1. The predicted molar refractivity (Wildman–Crippen MR) is 58.2 cm³/mol. The van der Waals surface area contributed by atoms with E-state index in [-0.39, 0.29) is 19.4 Å². The van der Waals surface area contributed by atoms with Crippen LogP contribution >= 0.6 is 0 Å². The van der Waals surface area contributed by atoms with E-state index in [1.807, 2.05) is 0 Å². The van der Waals surface area contributed by atoms with Gasteiger partial charge in [-0.2, -0.15) is 13.2 Å². The molecule has 0 radical (unpaired) electrons. The number of likely N-dealkylation sites (N-methyl/N-ethyl adjacent to an activating group) is 1. The Labute approximate surface area is 103 Å². The number of carboxylic acids is 1. The Bertz CT molecular complexity index is 295. The van der Waals surface area contributed by atoms with Gasteiger partial charge in [0, 0.05) is 20.0 Å². The maximum Gasteiger partial charge on any atom is 0.389 e. The van der Waals surface area contributed by atoms with Gasteiger partial charge in [-0.05, 0) is 19.8 Å². The van der Waals surface area contributed by atoms with Gasteiger partial charge < -0.3 is 15.3 Å². The van der Waals surface area contributed by atoms with Crippen molar-refractivity contribution in [1.82, 2.24) is 10.2 Å². The van der Waals surface area contributed by atoms with Gasteiger partial charge in [0.2, 0.25) is 0 Å². The highest BCUT2D eigenvalue weighted by molar-refractivity contribution is 5.82. The minimum absolute atomic E-state index is 0.0675. The summed E-state index contributed by atoms with van der Waals surface area (Å²) in [7, 11) is 1.31. The van der Waals surface area contributed by atoms with Crippen molar-refractivity contribution < 1.29 is 27.9 Å². The lowest BCUT2D eigenvalue weighted by atomic mass is 10.2. The second-order valence-corrected chi connectivity index (χ2v) is 3.93. The molecule has 0 aromatic heterocycles. The number of nitrogens with zero attached hydrogens (tertiary/aromatic N) is 1. The molecule has 2 N–H and O–H groups in total. The molecule has 0 aliphatic rings. The predicted octanol–water partition coefficient (Wildman–Crippen LogP) is 1.83. The molecule has 0 rings (SSSR count). The number of hydrogen-bond donors (Lipinski definition) is 2. The molecule has 0 saturated heterocycles. The zero-order chi connectivity index (χ0) is 14.3. The Morgan fingerprint density at radius 3 is 2.33 bits per heavy atom. The molecule has 106 valence electrons. The SMILES string of the molecule is CC(C(=O)O)N(C)C(=O)NCCCCC(F)(F)F. The van der Waals surface area contributed by atoms with Crippen LogP contribution in [0.5, 0.6) is 0 Å². The fourth-order valence-electron chi connectivity index (χ4n) is 1.11. The molecule has 1 atom stereocenters. The number of hydrogen-bond acceptors (Lipinski definition) is 2. The summed E-state index contributed by atoms with van der Waals surface area (Å²) in [5.74, 6) is -1.15. The molecule has 0 spiro atoms. The van der Waals surface area contributed by atoms with Crippen LogP contribution in [0.1, 0.15) is 26.2 Å². The van der Waals surface area contributed by atoms with Crippen molar-refractivity contribution in [3.05, 3.63) is 0 Å². The largest absolute Gasteiger partial charge is 0.480 e. The second kappa shape index (κ2) is 7.07. The fraction of sp³-hybridized carbons (Fsp3) is 0.800. The third-order valence-corrected chi connectivity index (χ3v) is 2.42. The van der Waals surface area contributed by atoms with Crippen molar-refractivity contribution in [2.45, 2.75) is 38.4 Å². The Balaban J connectivity index is 3.81. The number of carbonyl (C=O) groups is 2. The van der Waals surface area contributed by atoms with Crippen LogP contribution in [0, 0.1) is 0 Å². The molecule has 0 heterocycles. The van der Waals surface area contributed by atoms with Gasteiger partial charge in [0.1, 0.15) is 6.04 Å². The van der Waals surface area contributed by atoms with Gasteiger partial charge in [-0.25, -0.2) is 9.59 Å². The zero-order valence-corrected chi connectivity index (χ0v) is 10.3. The van der Waals surface area contributed by atoms with Gasteiger partial charge >= 0.3 is 18.2 Å². The molecule has 0 aromatic carbocycles. The maximum atomic E-state index is 11.8. The van der Waals surface area contributed by atoms with Gasteiger partial charge in [0.25, 0.3) is 0 Å². The average molecular weight is 270 g/mol. The Kier molecular flexibility index (Phi) is 6.50. The number of urea groups is 1. The highest BCUT2D eigenvalue weighted by Gasteiger charge is 2.26. The summed E-state index contributed by atoms with van der Waals surface area (Å²) in [6, 6.07) is -1.60. The number of amides is 2. The van der Waals surface area contributed by atoms with E-state index in [9.17, 15) is 22.8 Å². The quantitative estimate of drug-likeness (QED) is 0.723. The van der Waals surface area contributed by atoms with Crippen LogP contribution in [0.25, 0.3) is 0 Å². The Morgan fingerprint density at radius 1 is 1.33 bits per heavy atom. The molecule has 0 bridgehead atoms. The van der Waals surface area contributed by atoms with Crippen molar-refractivity contribution in [2.75, 3.05) is 13.6 Å². The lowest BCUT2D eigenvalue weighted by Gasteiger charge is -2.21. The molecular weight excluding hydrogens is 253 g/mol. The van der Waals surface area contributed by atoms with E-state index in [0.717, 1.165) is 4.90 Å². The van der Waals surface area contributed by atoms with E-state index in [0.29, 0.717) is 0 Å². The highest BCUT2D eigenvalue weighted by Crippen LogP contribution is 2.21. The number of rotatable bonds is 6. The smallest absolute Gasteiger partial charge is 0.389 e. The van der Waals surface area contributed by atoms with Crippen LogP contribution in [0.3, 0.4) is 0 Å². The molecule has 5 nitrogen and oxygen atoms in total. The zero-order valence-electron chi connectivity index (χ0n) is 10.3. The topological polar surface area (TPSA) is 69.6 Å². The Hall–Kier alpha value is -1.47. The first-order chi connectivity index (χ1) is 8.15. The van der Waals surface area contributed by atoms with Crippen molar-refractivity contribution >= 4 is 12.0 Å². The van der Waals surface area contributed by atoms with Gasteiger partial charge in [-0.3, -0.25) is 0 Å². The summed E-state index contributed by atoms with van der Waals surface area (Å²) in [6.45, 7) is 1.43. The van der Waals surface area contributed by atoms with E-state index in [1.54, 1.807) is 0 Å². The van der Waals surface area contributed by atoms with Crippen LogP contribution < -0.4 is 5.32 Å². The summed E-state index contributed by atoms with van der Waals surface area (Å²) < 4.78 is 35.4. The van der Waals surface area contributed by atoms with E-state index < -0.39 is 30.6 Å². The van der Waals surface area contributed by atoms with E-state index in [2.05, 4.69) is 5.32 Å². The molecule has 18 heavy (non-hydrogen) atoms. The highest BCUT2D eigenvalue weighted by atomic mass is 19.4. The van der Waals surface area contributed by atoms with E-state index in [1.165, 1.54) is 14.0 Å². The minimum Gasteiger partial charge on any atom is -0.480 e. The lowest BCUT2D eigenvalue weighted by Crippen LogP contribution is -2.45. The fourth-order valence-corrected chi connectivity index (χ4v) is 1.11. The van der Waals surface area contributed by atoms with Gasteiger partial charge in [-0.1, -0.05) is 0 Å². The van der Waals surface area contributed by atoms with E-state index in [4.69, 9.17) is 5.11 Å². The lowest BCUT2D eigenvalue weighted by molar-refractivity contribution is -0.141. The number of aliphatic carboxylic acids is 1. The monoisotopic (exact) mass is 270 g/mol. The number of halogens is 3. The first kappa shape index (κ1) is 16.5. The van der Waals surface area contributed by atoms with Crippen LogP contribution in [0.4, 0.5) is 18.0 Å². The summed E-state index contributed by atoms with van der Waals surface area (Å²) in [5, 5.41) is 11.0. The molecule has 0 aromatic rings. The van der Waals surface area contributed by atoms with Crippen molar-refractivity contribution in [2.24, 2.45) is 0 Å². The van der Waals surface area contributed by atoms with Crippen molar-refractivity contribution in [3.8, 4) is 0 Å². The van der Waals surface area contributed by atoms with E-state index >= 15 is 0 Å². The maximum absolute atomic E-state index is 11.8. The molecule has 0 aliphatic heterocycles. The number of carboxylic acid groups (broad SMARTS) is 1. The first-order valence-electron chi connectivity index (χ1n) is 5.45. The third kappa shape index (κ3) is 6.97. The number of nitrogens with one attached hydrogen (secondary N) is 1. The molecule has 0 aliphatic carbocycles. The molecule has 0 fully saturated rings. The summed E-state index contributed by atoms with van der Waals surface area (Å²) >= 11 is 0. The third-order valence-electron chi connectivity index (χ3n) is 2.42. The molecule has 8 heteroatoms. The van der Waals surface area contributed by atoms with Crippen molar-refractivity contribution in [3.63, 3.8) is 0 Å². The standard InChI is InChI=1S/C10H17F3N2O3/c1-7(8(16)17)15(2)9(18)14-6-4-3-5-10(11,12)13/h7H,3-6H2,1-2H3,(H,14,18)(H,16,17). The van der Waals surface area contributed by atoms with Crippen LogP contribution in [0.2, 0.25) is 0 Å². The summed E-state index contributed by atoms with van der Waals surface area (Å²) in [5.41, 5.74) is 0. The van der Waals surface area contributed by atoms with Crippen LogP contribution in [-0.2, 0) is 4.79 Å². The number of carbonyl (C=O) groups excluding carboxylic acids is 1. The Morgan fingerprint density at radius 2 is 1.89 bits per heavy atom. The summed E-state index contributed by atoms with van der Waals surface area (Å²) in [4.78, 5) is 22.9. The van der Waals surface area contributed by atoms with Gasteiger partial charge in [-0.15, -0.1) is 0 Å². The molecule has 1 unspecified atom stereocenters. The minimum atomic E-state index is -4.18. The van der Waals surface area contributed by atoms with Crippen molar-refractivity contribution in [1.29, 1.82) is 0 Å². The van der Waals surface area contributed by atoms with Gasteiger partial charge in [0.05, 0.1) is 0 Å². The molecular formula is C10H17F3N2O3. The van der Waals surface area contributed by atoms with Gasteiger partial charge in [0.15, 0.2) is 0 Å².